The second kappa shape index (κ2) is 5.45. The number of rotatable bonds is 4. The van der Waals surface area contributed by atoms with Crippen LogP contribution < -0.4 is 10.5 Å². The number of benzene rings is 1. The van der Waals surface area contributed by atoms with Crippen molar-refractivity contribution < 1.29 is 4.74 Å². The van der Waals surface area contributed by atoms with Crippen LogP contribution in [0.1, 0.15) is 16.8 Å². The Kier molecular flexibility index (Phi) is 3.90. The molecule has 4 heteroatoms. The summed E-state index contributed by atoms with van der Waals surface area (Å²) in [5.41, 5.74) is 11.1. The van der Waals surface area contributed by atoms with Crippen LogP contribution in [-0.2, 0) is 13.5 Å². The number of methoxy groups -OCH3 is 1. The van der Waals surface area contributed by atoms with Crippen molar-refractivity contribution in [2.75, 3.05) is 13.7 Å². The minimum atomic E-state index is 0.628. The molecule has 0 bridgehead atoms. The van der Waals surface area contributed by atoms with Crippen LogP contribution in [0.15, 0.2) is 18.2 Å². The predicted octanol–water partition coefficient (Wildman–Crippen LogP) is 2.21. The summed E-state index contributed by atoms with van der Waals surface area (Å²) >= 11 is 0. The van der Waals surface area contributed by atoms with E-state index in [1.165, 1.54) is 5.56 Å². The highest BCUT2D eigenvalue weighted by molar-refractivity contribution is 5.70. The highest BCUT2D eigenvalue weighted by atomic mass is 16.5. The van der Waals surface area contributed by atoms with E-state index in [0.29, 0.717) is 6.54 Å². The Bertz CT molecular complexity index is 587. The zero-order valence-electron chi connectivity index (χ0n) is 12.0. The van der Waals surface area contributed by atoms with Crippen molar-refractivity contribution in [3.8, 4) is 17.0 Å². The Morgan fingerprint density at radius 3 is 2.63 bits per heavy atom. The number of hydrogen-bond acceptors (Lipinski definition) is 3. The molecule has 19 heavy (non-hydrogen) atoms. The molecule has 2 N–H and O–H groups in total. The number of aryl methyl sites for hydroxylation is 3. The summed E-state index contributed by atoms with van der Waals surface area (Å²) < 4.78 is 7.41. The normalized spacial score (nSPS) is 10.8. The van der Waals surface area contributed by atoms with E-state index in [1.54, 1.807) is 7.11 Å². The van der Waals surface area contributed by atoms with Gasteiger partial charge in [-0.3, -0.25) is 4.68 Å². The van der Waals surface area contributed by atoms with E-state index in [4.69, 9.17) is 10.5 Å². The first kappa shape index (κ1) is 13.6. The molecule has 102 valence electrons. The van der Waals surface area contributed by atoms with Gasteiger partial charge in [-0.05, 0) is 43.7 Å². The maximum absolute atomic E-state index is 5.62. The summed E-state index contributed by atoms with van der Waals surface area (Å²) in [5.74, 6) is 0.892. The van der Waals surface area contributed by atoms with Crippen molar-refractivity contribution in [1.29, 1.82) is 0 Å². The smallest absolute Gasteiger partial charge is 0.131 e. The molecule has 1 heterocycles. The van der Waals surface area contributed by atoms with Crippen LogP contribution in [0.3, 0.4) is 0 Å². The van der Waals surface area contributed by atoms with Crippen LogP contribution in [0.25, 0.3) is 11.3 Å². The van der Waals surface area contributed by atoms with Gasteiger partial charge in [0.1, 0.15) is 5.75 Å². The number of ether oxygens (including phenoxy) is 1. The molecule has 0 aliphatic carbocycles. The molecular weight excluding hydrogens is 238 g/mol. The highest BCUT2D eigenvalue weighted by Gasteiger charge is 2.14. The zero-order valence-corrected chi connectivity index (χ0v) is 12.0. The summed E-state index contributed by atoms with van der Waals surface area (Å²) in [6.07, 6.45) is 0.830. The molecule has 0 saturated carbocycles. The summed E-state index contributed by atoms with van der Waals surface area (Å²) in [5, 5.41) is 4.57. The second-order valence-corrected chi connectivity index (χ2v) is 4.85. The van der Waals surface area contributed by atoms with Gasteiger partial charge in [0, 0.05) is 24.7 Å². The van der Waals surface area contributed by atoms with E-state index in [1.807, 2.05) is 11.7 Å². The maximum Gasteiger partial charge on any atom is 0.131 e. The van der Waals surface area contributed by atoms with Gasteiger partial charge in [0.2, 0.25) is 0 Å². The molecular formula is C15H21N3O. The molecule has 0 radical (unpaired) electrons. The fourth-order valence-corrected chi connectivity index (χ4v) is 2.43. The first-order chi connectivity index (χ1) is 9.06. The van der Waals surface area contributed by atoms with Gasteiger partial charge in [0.15, 0.2) is 0 Å². The third kappa shape index (κ3) is 2.63. The van der Waals surface area contributed by atoms with Crippen molar-refractivity contribution >= 4 is 0 Å². The number of nitrogens with zero attached hydrogens (tertiary/aromatic N) is 2. The lowest BCUT2D eigenvalue weighted by molar-refractivity contribution is 0.413. The largest absolute Gasteiger partial charge is 0.496 e. The monoisotopic (exact) mass is 259 g/mol. The van der Waals surface area contributed by atoms with Crippen LogP contribution in [0.4, 0.5) is 0 Å². The average Bonchev–Trinajstić information content (AvgIpc) is 2.70. The molecule has 4 nitrogen and oxygen atoms in total. The Morgan fingerprint density at radius 1 is 1.26 bits per heavy atom. The predicted molar refractivity (Wildman–Crippen MR) is 77.4 cm³/mol. The molecule has 2 rings (SSSR count). The number of nitrogens with two attached hydrogens (primary N) is 1. The third-order valence-electron chi connectivity index (χ3n) is 3.28. The summed E-state index contributed by atoms with van der Waals surface area (Å²) in [7, 11) is 3.65. The molecule has 0 atom stereocenters. The fraction of sp³-hybridized carbons (Fsp3) is 0.400. The van der Waals surface area contributed by atoms with Crippen molar-refractivity contribution in [2.24, 2.45) is 12.8 Å². The molecule has 0 unspecified atom stereocenters. The highest BCUT2D eigenvalue weighted by Crippen LogP contribution is 2.33. The van der Waals surface area contributed by atoms with E-state index >= 15 is 0 Å². The first-order valence-corrected chi connectivity index (χ1v) is 6.45. The van der Waals surface area contributed by atoms with Crippen LogP contribution in [0.2, 0.25) is 0 Å². The molecule has 0 aliphatic heterocycles. The van der Waals surface area contributed by atoms with Crippen molar-refractivity contribution in [1.82, 2.24) is 9.78 Å². The standard InChI is InChI=1S/C15H21N3O/c1-10-7-11(2)15(19-4)13(8-10)14-9-12(5-6-16)18(3)17-14/h7-9H,5-6,16H2,1-4H3. The van der Waals surface area contributed by atoms with Crippen molar-refractivity contribution in [3.05, 3.63) is 35.0 Å². The minimum Gasteiger partial charge on any atom is -0.496 e. The van der Waals surface area contributed by atoms with Crippen LogP contribution in [0, 0.1) is 13.8 Å². The molecule has 0 spiro atoms. The third-order valence-corrected chi connectivity index (χ3v) is 3.28. The molecule has 2 aromatic rings. The molecule has 0 saturated heterocycles. The van der Waals surface area contributed by atoms with Gasteiger partial charge in [-0.15, -0.1) is 0 Å². The maximum atomic E-state index is 5.62. The van der Waals surface area contributed by atoms with Gasteiger partial charge < -0.3 is 10.5 Å². The van der Waals surface area contributed by atoms with Crippen LogP contribution in [0.5, 0.6) is 5.75 Å². The molecule has 0 fully saturated rings. The van der Waals surface area contributed by atoms with Gasteiger partial charge in [-0.1, -0.05) is 6.07 Å². The van der Waals surface area contributed by atoms with E-state index < -0.39 is 0 Å². The van der Waals surface area contributed by atoms with E-state index in [-0.39, 0.29) is 0 Å². The molecule has 1 aromatic carbocycles. The Labute approximate surface area is 114 Å². The second-order valence-electron chi connectivity index (χ2n) is 4.85. The fourth-order valence-electron chi connectivity index (χ4n) is 2.43. The lowest BCUT2D eigenvalue weighted by atomic mass is 10.0. The lowest BCUT2D eigenvalue weighted by Gasteiger charge is -2.10. The zero-order chi connectivity index (χ0) is 14.0. The first-order valence-electron chi connectivity index (χ1n) is 6.45. The van der Waals surface area contributed by atoms with Gasteiger partial charge in [-0.25, -0.2) is 0 Å². The van der Waals surface area contributed by atoms with E-state index in [0.717, 1.165) is 34.7 Å². The quantitative estimate of drug-likeness (QED) is 0.916. The van der Waals surface area contributed by atoms with Gasteiger partial charge in [0.25, 0.3) is 0 Å². The average molecular weight is 259 g/mol. The van der Waals surface area contributed by atoms with E-state index in [2.05, 4.69) is 37.1 Å². The Balaban J connectivity index is 2.55. The van der Waals surface area contributed by atoms with E-state index in [9.17, 15) is 0 Å². The Morgan fingerprint density at radius 2 is 2.00 bits per heavy atom. The summed E-state index contributed by atoms with van der Waals surface area (Å²) in [6, 6.07) is 6.32. The van der Waals surface area contributed by atoms with Gasteiger partial charge >= 0.3 is 0 Å². The van der Waals surface area contributed by atoms with Gasteiger partial charge in [-0.2, -0.15) is 5.10 Å². The minimum absolute atomic E-state index is 0.628. The van der Waals surface area contributed by atoms with Gasteiger partial charge in [0.05, 0.1) is 12.8 Å². The molecule has 0 aliphatic rings. The Hall–Kier alpha value is -1.81. The topological polar surface area (TPSA) is 53.1 Å². The van der Waals surface area contributed by atoms with Crippen molar-refractivity contribution in [3.63, 3.8) is 0 Å². The number of hydrogen-bond donors (Lipinski definition) is 1. The van der Waals surface area contributed by atoms with Crippen LogP contribution >= 0.6 is 0 Å². The van der Waals surface area contributed by atoms with Crippen LogP contribution in [-0.4, -0.2) is 23.4 Å². The summed E-state index contributed by atoms with van der Waals surface area (Å²) in [6.45, 7) is 4.77. The SMILES string of the molecule is COc1c(C)cc(C)cc1-c1cc(CCN)n(C)n1. The molecule has 1 aromatic heterocycles. The number of aromatic nitrogens is 2. The molecule has 0 amide bonds. The summed E-state index contributed by atoms with van der Waals surface area (Å²) in [4.78, 5) is 0. The lowest BCUT2D eigenvalue weighted by Crippen LogP contribution is -2.06. The van der Waals surface area contributed by atoms with Crippen molar-refractivity contribution in [2.45, 2.75) is 20.3 Å².